The number of hydrogen-bond acceptors (Lipinski definition) is 9. The van der Waals surface area contributed by atoms with Crippen molar-refractivity contribution in [2.75, 3.05) is 55.4 Å². The maximum atomic E-state index is 13.2. The molecule has 2 aromatic carbocycles. The van der Waals surface area contributed by atoms with Gasteiger partial charge in [-0.3, -0.25) is 13.9 Å². The molecule has 11 nitrogen and oxygen atoms in total. The van der Waals surface area contributed by atoms with E-state index in [0.717, 1.165) is 31.9 Å². The summed E-state index contributed by atoms with van der Waals surface area (Å²) in [7, 11) is 0.113. The van der Waals surface area contributed by atoms with Crippen molar-refractivity contribution in [1.29, 1.82) is 0 Å². The molecule has 0 atom stereocenters. The van der Waals surface area contributed by atoms with Crippen molar-refractivity contribution < 1.29 is 13.0 Å². The normalized spacial score (nSPS) is 14.1. The largest absolute Gasteiger partial charge is 0.383 e. The van der Waals surface area contributed by atoms with E-state index in [4.69, 9.17) is 33.5 Å². The van der Waals surface area contributed by atoms with Gasteiger partial charge in [-0.25, -0.2) is 0 Å². The van der Waals surface area contributed by atoms with Crippen LogP contribution in [0.1, 0.15) is 0 Å². The highest BCUT2D eigenvalue weighted by Gasteiger charge is 2.18. The molecule has 40 heavy (non-hydrogen) atoms. The Bertz CT molecular complexity index is 1680. The van der Waals surface area contributed by atoms with Gasteiger partial charge >= 0.3 is 0 Å². The molecule has 0 spiro atoms. The van der Waals surface area contributed by atoms with Gasteiger partial charge in [0.1, 0.15) is 11.5 Å². The van der Waals surface area contributed by atoms with Gasteiger partial charge in [-0.05, 0) is 49.5 Å². The Kier molecular flexibility index (Phi) is 8.86. The summed E-state index contributed by atoms with van der Waals surface area (Å²) < 4.78 is 27.3. The molecule has 2 aromatic heterocycles. The van der Waals surface area contributed by atoms with Crippen molar-refractivity contribution in [2.24, 2.45) is 7.05 Å². The number of halogens is 2. The first-order valence-corrected chi connectivity index (χ1v) is 14.8. The topological polar surface area (TPSA) is 147 Å². The van der Waals surface area contributed by atoms with Crippen LogP contribution in [0.5, 0.6) is 0 Å². The molecule has 4 N–H and O–H groups in total. The van der Waals surface area contributed by atoms with Gasteiger partial charge in [0.05, 0.1) is 27.3 Å². The summed E-state index contributed by atoms with van der Waals surface area (Å²) in [4.78, 5) is 26.9. The second-order valence-corrected chi connectivity index (χ2v) is 11.7. The maximum Gasteiger partial charge on any atom is 0.261 e. The zero-order valence-electron chi connectivity index (χ0n) is 22.1. The minimum Gasteiger partial charge on any atom is -0.383 e. The van der Waals surface area contributed by atoms with Gasteiger partial charge in [-0.1, -0.05) is 29.3 Å². The van der Waals surface area contributed by atoms with Crippen LogP contribution < -0.4 is 21.5 Å². The second-order valence-electron chi connectivity index (χ2n) is 9.38. The number of likely N-dealkylation sites (N-methyl/N-ethyl adjacent to an activating group) is 1. The molecule has 1 aliphatic rings. The molecule has 3 heterocycles. The third kappa shape index (κ3) is 7.01. The van der Waals surface area contributed by atoms with E-state index in [9.17, 15) is 13.2 Å². The van der Waals surface area contributed by atoms with Crippen molar-refractivity contribution in [3.63, 3.8) is 0 Å². The molecule has 5 rings (SSSR count). The van der Waals surface area contributed by atoms with E-state index in [1.807, 2.05) is 12.1 Å². The highest BCUT2D eigenvalue weighted by Crippen LogP contribution is 2.34. The summed E-state index contributed by atoms with van der Waals surface area (Å²) in [6, 6.07) is 14.9. The first kappa shape index (κ1) is 29.6. The summed E-state index contributed by atoms with van der Waals surface area (Å²) in [5, 5.41) is 4.50. The van der Waals surface area contributed by atoms with Crippen LogP contribution in [0.3, 0.4) is 0 Å². The van der Waals surface area contributed by atoms with Crippen molar-refractivity contribution in [2.45, 2.75) is 0 Å². The number of rotatable bonds is 4. The number of fused-ring (bicyclic) bond motifs is 1. The third-order valence-electron chi connectivity index (χ3n) is 6.32. The van der Waals surface area contributed by atoms with Crippen molar-refractivity contribution in [3.05, 3.63) is 68.9 Å². The van der Waals surface area contributed by atoms with Crippen LogP contribution in [0.25, 0.3) is 22.2 Å². The highest BCUT2D eigenvalue weighted by atomic mass is 35.5. The zero-order valence-corrected chi connectivity index (χ0v) is 24.4. The minimum atomic E-state index is -3.67. The predicted octanol–water partition coefficient (Wildman–Crippen LogP) is 3.88. The number of benzene rings is 2. The number of anilines is 4. The average molecular weight is 607 g/mol. The standard InChI is InChI=1S/C25H25Cl2N7O.CH4O3S/c1-32-10-12-34(13-11-32)16-8-6-15(7-9-16)29-25-30-22(28)18-14-17(24(35)33(2)23(18)31-25)21-19(26)4-3-5-20(21)27;1-5(2,3)4/h3-9,14H,10-13H2,1-2H3,(H3,28,29,30,31);1H3,(H,2,3,4). The number of aromatic nitrogens is 3. The lowest BCUT2D eigenvalue weighted by atomic mass is 10.1. The Hall–Kier alpha value is -3.42. The number of nitrogen functional groups attached to an aromatic ring is 1. The van der Waals surface area contributed by atoms with E-state index in [-0.39, 0.29) is 11.4 Å². The fourth-order valence-electron chi connectivity index (χ4n) is 4.29. The van der Waals surface area contributed by atoms with Crippen LogP contribution in [0.2, 0.25) is 10.0 Å². The van der Waals surface area contributed by atoms with Crippen LogP contribution in [-0.4, -0.2) is 71.9 Å². The maximum absolute atomic E-state index is 13.2. The summed E-state index contributed by atoms with van der Waals surface area (Å²) in [5.74, 6) is 0.549. The first-order chi connectivity index (χ1) is 18.8. The van der Waals surface area contributed by atoms with Crippen LogP contribution in [0.4, 0.5) is 23.1 Å². The Morgan fingerprint density at radius 3 is 2.12 bits per heavy atom. The SMILES string of the molecule is CN1CCN(c2ccc(Nc3nc(N)c4cc(-c5c(Cl)cccc5Cl)c(=O)n(C)c4n3)cc2)CC1.CS(=O)(=O)O. The summed E-state index contributed by atoms with van der Waals surface area (Å²) in [5.41, 5.74) is 9.23. The molecular weight excluding hydrogens is 577 g/mol. The molecule has 0 unspecified atom stereocenters. The molecule has 1 fully saturated rings. The second kappa shape index (κ2) is 12.0. The molecule has 0 bridgehead atoms. The zero-order chi connectivity index (χ0) is 29.2. The smallest absolute Gasteiger partial charge is 0.261 e. The fraction of sp³-hybridized carbons (Fsp3) is 0.269. The number of pyridine rings is 1. The van der Waals surface area contributed by atoms with Gasteiger partial charge in [-0.2, -0.15) is 18.4 Å². The van der Waals surface area contributed by atoms with Crippen LogP contribution >= 0.6 is 23.2 Å². The van der Waals surface area contributed by atoms with E-state index < -0.39 is 10.1 Å². The molecule has 1 aliphatic heterocycles. The van der Waals surface area contributed by atoms with E-state index >= 15 is 0 Å². The quantitative estimate of drug-likeness (QED) is 0.293. The average Bonchev–Trinajstić information content (AvgIpc) is 2.87. The molecule has 212 valence electrons. The van der Waals surface area contributed by atoms with Gasteiger partial charge in [0, 0.05) is 50.2 Å². The molecule has 0 amide bonds. The summed E-state index contributed by atoms with van der Waals surface area (Å²) in [6.07, 6.45) is 0.715. The molecule has 0 radical (unpaired) electrons. The molecule has 4 aromatic rings. The summed E-state index contributed by atoms with van der Waals surface area (Å²) >= 11 is 12.7. The van der Waals surface area contributed by atoms with Gasteiger partial charge in [0.25, 0.3) is 15.7 Å². The predicted molar refractivity (Wildman–Crippen MR) is 162 cm³/mol. The lowest BCUT2D eigenvalue weighted by molar-refractivity contribution is 0.313. The van der Waals surface area contributed by atoms with E-state index in [0.29, 0.717) is 44.4 Å². The minimum absolute atomic E-state index is 0.242. The number of hydrogen-bond donors (Lipinski definition) is 3. The molecule has 1 saturated heterocycles. The van der Waals surface area contributed by atoms with Gasteiger partial charge in [0.15, 0.2) is 0 Å². The van der Waals surface area contributed by atoms with Gasteiger partial charge in [-0.15, -0.1) is 0 Å². The van der Waals surface area contributed by atoms with Crippen LogP contribution in [-0.2, 0) is 17.2 Å². The Balaban J connectivity index is 0.000000681. The van der Waals surface area contributed by atoms with Crippen LogP contribution in [0.15, 0.2) is 53.3 Å². The lowest BCUT2D eigenvalue weighted by Gasteiger charge is -2.34. The van der Waals surface area contributed by atoms with Gasteiger partial charge < -0.3 is 20.9 Å². The lowest BCUT2D eigenvalue weighted by Crippen LogP contribution is -2.44. The molecule has 14 heteroatoms. The molecular formula is C26H29Cl2N7O4S. The van der Waals surface area contributed by atoms with E-state index in [1.165, 1.54) is 10.3 Å². The number of piperazine rings is 1. The Morgan fingerprint density at radius 1 is 0.975 bits per heavy atom. The first-order valence-electron chi connectivity index (χ1n) is 12.2. The fourth-order valence-corrected chi connectivity index (χ4v) is 4.89. The highest BCUT2D eigenvalue weighted by molar-refractivity contribution is 7.85. The molecule has 0 aliphatic carbocycles. The van der Waals surface area contributed by atoms with Gasteiger partial charge in [0.2, 0.25) is 5.95 Å². The van der Waals surface area contributed by atoms with Crippen molar-refractivity contribution in [3.8, 4) is 11.1 Å². The number of nitrogens with two attached hydrogens (primary N) is 1. The summed E-state index contributed by atoms with van der Waals surface area (Å²) in [6.45, 7) is 4.10. The number of nitrogens with zero attached hydrogens (tertiary/aromatic N) is 5. The van der Waals surface area contributed by atoms with Crippen molar-refractivity contribution in [1.82, 2.24) is 19.4 Å². The third-order valence-corrected chi connectivity index (χ3v) is 6.95. The monoisotopic (exact) mass is 605 g/mol. The Labute approximate surface area is 241 Å². The Morgan fingerprint density at radius 2 is 1.55 bits per heavy atom. The van der Waals surface area contributed by atoms with Crippen LogP contribution in [0, 0.1) is 0 Å². The number of aryl methyl sites for hydroxylation is 1. The molecule has 0 saturated carbocycles. The van der Waals surface area contributed by atoms with E-state index in [2.05, 4.69) is 44.3 Å². The van der Waals surface area contributed by atoms with Crippen molar-refractivity contribution >= 4 is 67.5 Å². The number of nitrogens with one attached hydrogen (secondary N) is 1. The van der Waals surface area contributed by atoms with E-state index in [1.54, 1.807) is 31.3 Å².